The molecule has 1 fully saturated rings. The van der Waals surface area contributed by atoms with Crippen LogP contribution >= 0.6 is 0 Å². The molecular weight excluding hydrogens is 244 g/mol. The Kier molecular flexibility index (Phi) is 5.62. The molecule has 0 bridgehead atoms. The van der Waals surface area contributed by atoms with Gasteiger partial charge in [-0.2, -0.15) is 0 Å². The number of benzene rings is 1. The van der Waals surface area contributed by atoms with E-state index in [9.17, 15) is 0 Å². The first kappa shape index (κ1) is 15.5. The third kappa shape index (κ3) is 3.62. The summed E-state index contributed by atoms with van der Waals surface area (Å²) >= 11 is 0. The predicted octanol–water partition coefficient (Wildman–Crippen LogP) is 3.93. The fourth-order valence-corrected chi connectivity index (χ4v) is 3.31. The van der Waals surface area contributed by atoms with Gasteiger partial charge in [-0.3, -0.25) is 4.90 Å². The van der Waals surface area contributed by atoms with E-state index in [1.165, 1.54) is 43.5 Å². The molecule has 2 nitrogen and oxygen atoms in total. The van der Waals surface area contributed by atoms with Crippen molar-refractivity contribution in [2.45, 2.75) is 52.0 Å². The van der Waals surface area contributed by atoms with Gasteiger partial charge in [-0.1, -0.05) is 51.5 Å². The van der Waals surface area contributed by atoms with Crippen LogP contribution in [0.15, 0.2) is 24.3 Å². The van der Waals surface area contributed by atoms with E-state index < -0.39 is 0 Å². The zero-order valence-electron chi connectivity index (χ0n) is 13.3. The molecule has 1 aliphatic heterocycles. The van der Waals surface area contributed by atoms with Gasteiger partial charge in [0.25, 0.3) is 0 Å². The first-order chi connectivity index (χ1) is 9.65. The molecule has 1 aromatic rings. The van der Waals surface area contributed by atoms with Crippen LogP contribution in [-0.2, 0) is 0 Å². The highest BCUT2D eigenvalue weighted by molar-refractivity contribution is 5.27. The number of hydrogen-bond donors (Lipinski definition) is 1. The zero-order chi connectivity index (χ0) is 14.5. The fraction of sp³-hybridized carbons (Fsp3) is 0.667. The van der Waals surface area contributed by atoms with E-state index in [0.29, 0.717) is 12.0 Å². The summed E-state index contributed by atoms with van der Waals surface area (Å²) in [5, 5.41) is 0. The van der Waals surface area contributed by atoms with Crippen molar-refractivity contribution in [3.05, 3.63) is 35.4 Å². The van der Waals surface area contributed by atoms with Gasteiger partial charge in [0, 0.05) is 19.1 Å². The van der Waals surface area contributed by atoms with E-state index in [-0.39, 0.29) is 0 Å². The summed E-state index contributed by atoms with van der Waals surface area (Å²) in [6, 6.07) is 9.49. The minimum absolute atomic E-state index is 0.394. The standard InChI is InChI=1S/C18H30N2/c1-4-15-6-5-11-20(13-15)18(12-19)17-9-7-16(8-10-17)14(2)3/h7-10,14-15,18H,4-6,11-13,19H2,1-3H3. The van der Waals surface area contributed by atoms with Gasteiger partial charge in [0.05, 0.1) is 0 Å². The molecule has 112 valence electrons. The van der Waals surface area contributed by atoms with E-state index >= 15 is 0 Å². The third-order valence-corrected chi connectivity index (χ3v) is 4.78. The Morgan fingerprint density at radius 1 is 1.20 bits per heavy atom. The monoisotopic (exact) mass is 274 g/mol. The van der Waals surface area contributed by atoms with Gasteiger partial charge in [0.2, 0.25) is 0 Å². The molecule has 2 atom stereocenters. The lowest BCUT2D eigenvalue weighted by molar-refractivity contribution is 0.124. The molecule has 1 aliphatic rings. The minimum Gasteiger partial charge on any atom is -0.329 e. The van der Waals surface area contributed by atoms with Gasteiger partial charge in [0.1, 0.15) is 0 Å². The maximum atomic E-state index is 6.08. The Morgan fingerprint density at radius 2 is 1.85 bits per heavy atom. The smallest absolute Gasteiger partial charge is 0.0470 e. The molecule has 2 N–H and O–H groups in total. The highest BCUT2D eigenvalue weighted by Crippen LogP contribution is 2.28. The molecule has 0 radical (unpaired) electrons. The lowest BCUT2D eigenvalue weighted by Gasteiger charge is -2.38. The number of likely N-dealkylation sites (tertiary alicyclic amines) is 1. The van der Waals surface area contributed by atoms with Crippen molar-refractivity contribution in [1.29, 1.82) is 0 Å². The van der Waals surface area contributed by atoms with E-state index in [1.807, 2.05) is 0 Å². The Labute approximate surface area is 124 Å². The maximum absolute atomic E-state index is 6.08. The van der Waals surface area contributed by atoms with Crippen molar-refractivity contribution in [3.8, 4) is 0 Å². The van der Waals surface area contributed by atoms with E-state index in [2.05, 4.69) is 49.9 Å². The Balaban J connectivity index is 2.10. The summed E-state index contributed by atoms with van der Waals surface area (Å²) in [6.45, 7) is 9.92. The van der Waals surface area contributed by atoms with Crippen LogP contribution in [0.2, 0.25) is 0 Å². The molecule has 1 aromatic carbocycles. The summed E-state index contributed by atoms with van der Waals surface area (Å²) < 4.78 is 0. The van der Waals surface area contributed by atoms with E-state index in [0.717, 1.165) is 12.5 Å². The van der Waals surface area contributed by atoms with Gasteiger partial charge in [0.15, 0.2) is 0 Å². The summed E-state index contributed by atoms with van der Waals surface area (Å²) in [4.78, 5) is 2.60. The lowest BCUT2D eigenvalue weighted by atomic mass is 9.92. The van der Waals surface area contributed by atoms with Crippen molar-refractivity contribution in [2.24, 2.45) is 11.7 Å². The van der Waals surface area contributed by atoms with Crippen LogP contribution in [0.1, 0.15) is 63.1 Å². The van der Waals surface area contributed by atoms with E-state index in [4.69, 9.17) is 5.73 Å². The van der Waals surface area contributed by atoms with E-state index in [1.54, 1.807) is 0 Å². The Hall–Kier alpha value is -0.860. The molecular formula is C18H30N2. The second kappa shape index (κ2) is 7.24. The van der Waals surface area contributed by atoms with Crippen LogP contribution in [0.25, 0.3) is 0 Å². The maximum Gasteiger partial charge on any atom is 0.0470 e. The molecule has 2 rings (SSSR count). The van der Waals surface area contributed by atoms with Crippen molar-refractivity contribution >= 4 is 0 Å². The van der Waals surface area contributed by atoms with Crippen LogP contribution in [0.3, 0.4) is 0 Å². The molecule has 0 aliphatic carbocycles. The highest BCUT2D eigenvalue weighted by atomic mass is 15.2. The molecule has 20 heavy (non-hydrogen) atoms. The lowest BCUT2D eigenvalue weighted by Crippen LogP contribution is -2.40. The predicted molar refractivity (Wildman–Crippen MR) is 86.9 cm³/mol. The third-order valence-electron chi connectivity index (χ3n) is 4.78. The first-order valence-electron chi connectivity index (χ1n) is 8.19. The van der Waals surface area contributed by atoms with Gasteiger partial charge in [-0.25, -0.2) is 0 Å². The number of nitrogens with zero attached hydrogens (tertiary/aromatic N) is 1. The number of piperidine rings is 1. The molecule has 1 saturated heterocycles. The fourth-order valence-electron chi connectivity index (χ4n) is 3.31. The molecule has 2 heteroatoms. The first-order valence-corrected chi connectivity index (χ1v) is 8.19. The van der Waals surface area contributed by atoms with Crippen LogP contribution in [0, 0.1) is 5.92 Å². The van der Waals surface area contributed by atoms with Crippen LogP contribution in [-0.4, -0.2) is 24.5 Å². The topological polar surface area (TPSA) is 29.3 Å². The van der Waals surface area contributed by atoms with Gasteiger partial charge >= 0.3 is 0 Å². The minimum atomic E-state index is 0.394. The Bertz CT molecular complexity index is 396. The number of rotatable bonds is 5. The van der Waals surface area contributed by atoms with Crippen molar-refractivity contribution in [3.63, 3.8) is 0 Å². The summed E-state index contributed by atoms with van der Waals surface area (Å²) in [6.07, 6.45) is 4.00. The molecule has 0 aromatic heterocycles. The van der Waals surface area contributed by atoms with Crippen LogP contribution in [0.5, 0.6) is 0 Å². The SMILES string of the molecule is CCC1CCCN(C(CN)c2ccc(C(C)C)cc2)C1. The average Bonchev–Trinajstić information content (AvgIpc) is 2.49. The second-order valence-corrected chi connectivity index (χ2v) is 6.48. The van der Waals surface area contributed by atoms with Crippen molar-refractivity contribution in [2.75, 3.05) is 19.6 Å². The Morgan fingerprint density at radius 3 is 2.40 bits per heavy atom. The molecule has 1 heterocycles. The zero-order valence-corrected chi connectivity index (χ0v) is 13.3. The average molecular weight is 274 g/mol. The molecule has 0 saturated carbocycles. The van der Waals surface area contributed by atoms with Crippen molar-refractivity contribution < 1.29 is 0 Å². The summed E-state index contributed by atoms with van der Waals surface area (Å²) in [7, 11) is 0. The molecule has 0 spiro atoms. The summed E-state index contributed by atoms with van der Waals surface area (Å²) in [5.74, 6) is 1.45. The summed E-state index contributed by atoms with van der Waals surface area (Å²) in [5.41, 5.74) is 8.87. The number of hydrogen-bond acceptors (Lipinski definition) is 2. The second-order valence-electron chi connectivity index (χ2n) is 6.48. The van der Waals surface area contributed by atoms with Crippen molar-refractivity contribution in [1.82, 2.24) is 4.90 Å². The molecule has 0 amide bonds. The van der Waals surface area contributed by atoms with Gasteiger partial charge < -0.3 is 5.73 Å². The van der Waals surface area contributed by atoms with Gasteiger partial charge in [-0.05, 0) is 42.3 Å². The van der Waals surface area contributed by atoms with Crippen LogP contribution < -0.4 is 5.73 Å². The quantitative estimate of drug-likeness (QED) is 0.881. The highest BCUT2D eigenvalue weighted by Gasteiger charge is 2.25. The molecule has 2 unspecified atom stereocenters. The largest absolute Gasteiger partial charge is 0.329 e. The normalized spacial score (nSPS) is 22.1. The van der Waals surface area contributed by atoms with Crippen LogP contribution in [0.4, 0.5) is 0 Å². The number of nitrogens with two attached hydrogens (primary N) is 1. The van der Waals surface area contributed by atoms with Gasteiger partial charge in [-0.15, -0.1) is 0 Å².